The Kier molecular flexibility index (Phi) is 6.86. The van der Waals surface area contributed by atoms with Crippen LogP contribution in [0.3, 0.4) is 0 Å². The highest BCUT2D eigenvalue weighted by molar-refractivity contribution is 6.31. The second kappa shape index (κ2) is 9.85. The summed E-state index contributed by atoms with van der Waals surface area (Å²) in [4.78, 5) is 13.3. The van der Waals surface area contributed by atoms with Crippen molar-refractivity contribution in [2.45, 2.75) is 46.6 Å². The van der Waals surface area contributed by atoms with Crippen LogP contribution in [0.5, 0.6) is 5.75 Å². The normalized spacial score (nSPS) is 11.2. The molecule has 4 rings (SSSR count). The van der Waals surface area contributed by atoms with Crippen molar-refractivity contribution in [1.29, 1.82) is 5.26 Å². The van der Waals surface area contributed by atoms with Crippen molar-refractivity contribution in [2.24, 2.45) is 0 Å². The predicted molar refractivity (Wildman–Crippen MR) is 139 cm³/mol. The molecule has 0 fully saturated rings. The van der Waals surface area contributed by atoms with E-state index in [9.17, 15) is 5.26 Å². The van der Waals surface area contributed by atoms with E-state index in [-0.39, 0.29) is 11.2 Å². The van der Waals surface area contributed by atoms with Gasteiger partial charge >= 0.3 is 0 Å². The lowest BCUT2D eigenvalue weighted by atomic mass is 9.85. The molecule has 5 nitrogen and oxygen atoms in total. The van der Waals surface area contributed by atoms with Crippen LogP contribution in [0.2, 0.25) is 5.02 Å². The average molecular weight is 483 g/mol. The van der Waals surface area contributed by atoms with Crippen molar-refractivity contribution >= 4 is 11.6 Å². The summed E-state index contributed by atoms with van der Waals surface area (Å²) in [5.74, 6) is 0.731. The highest BCUT2D eigenvalue weighted by Gasteiger charge is 2.21. The van der Waals surface area contributed by atoms with Gasteiger partial charge in [0.1, 0.15) is 18.4 Å². The molecule has 176 valence electrons. The van der Waals surface area contributed by atoms with Gasteiger partial charge in [-0.05, 0) is 48.1 Å². The van der Waals surface area contributed by atoms with Crippen LogP contribution >= 0.6 is 11.6 Å². The number of hydrogen-bond acceptors (Lipinski definition) is 5. The fourth-order valence-corrected chi connectivity index (χ4v) is 4.47. The lowest BCUT2D eigenvalue weighted by molar-refractivity contribution is 0.307. The summed E-state index contributed by atoms with van der Waals surface area (Å²) in [6.07, 6.45) is 1.57. The van der Waals surface area contributed by atoms with Crippen LogP contribution in [0.4, 0.5) is 0 Å². The third kappa shape index (κ3) is 5.34. The molecule has 0 bridgehead atoms. The highest BCUT2D eigenvalue weighted by atomic mass is 35.5. The van der Waals surface area contributed by atoms with Crippen molar-refractivity contribution in [3.05, 3.63) is 94.0 Å². The smallest absolute Gasteiger partial charge is 0.232 e. The number of pyridine rings is 1. The van der Waals surface area contributed by atoms with E-state index in [4.69, 9.17) is 21.3 Å². The quantitative estimate of drug-likeness (QED) is 0.300. The fourth-order valence-electron chi connectivity index (χ4n) is 4.03. The van der Waals surface area contributed by atoms with Gasteiger partial charge in [-0.15, -0.1) is 0 Å². The Labute approximate surface area is 211 Å². The lowest BCUT2D eigenvalue weighted by Gasteiger charge is -2.23. The fraction of sp³-hybridized carbons (Fsp3) is 0.241. The number of halogens is 1. The van der Waals surface area contributed by atoms with Gasteiger partial charge in [0.15, 0.2) is 0 Å². The van der Waals surface area contributed by atoms with E-state index in [2.05, 4.69) is 43.7 Å². The van der Waals surface area contributed by atoms with E-state index in [1.807, 2.05) is 55.5 Å². The van der Waals surface area contributed by atoms with E-state index >= 15 is 0 Å². The zero-order valence-electron chi connectivity index (χ0n) is 20.6. The molecule has 0 aliphatic carbocycles. The maximum atomic E-state index is 9.29. The Morgan fingerprint density at radius 3 is 2.40 bits per heavy atom. The van der Waals surface area contributed by atoms with Crippen LogP contribution in [-0.4, -0.2) is 15.0 Å². The average Bonchev–Trinajstić information content (AvgIpc) is 2.83. The molecule has 0 atom stereocenters. The third-order valence-electron chi connectivity index (χ3n) is 5.81. The molecule has 0 N–H and O–H groups in total. The Morgan fingerprint density at radius 1 is 0.971 bits per heavy atom. The summed E-state index contributed by atoms with van der Waals surface area (Å²) >= 11 is 6.71. The van der Waals surface area contributed by atoms with Crippen molar-refractivity contribution in [3.8, 4) is 34.3 Å². The van der Waals surface area contributed by atoms with E-state index in [0.29, 0.717) is 23.1 Å². The minimum atomic E-state index is -0.0665. The first kappa shape index (κ1) is 24.4. The van der Waals surface area contributed by atoms with Crippen LogP contribution in [0.15, 0.2) is 60.8 Å². The van der Waals surface area contributed by atoms with Crippen LogP contribution < -0.4 is 4.74 Å². The number of nitriles is 1. The molecule has 0 saturated carbocycles. The maximum absolute atomic E-state index is 9.29. The SMILES string of the molecule is Cc1cc(C(C)(C)C)c(Cl)cc1-c1cc(OCc2ccccc2)c(-c2ccnc(C#N)n2)c(C)n1. The summed E-state index contributed by atoms with van der Waals surface area (Å²) in [6.45, 7) is 10.8. The molecule has 0 saturated heterocycles. The molecule has 6 heteroatoms. The standard InChI is InChI=1S/C29H27ClN4O/c1-18-13-22(29(3,4)5)23(30)14-21(18)25-15-26(35-17-20-9-7-6-8-10-20)28(19(2)33-25)24-11-12-32-27(16-31)34-24/h6-15H,17H2,1-5H3. The largest absolute Gasteiger partial charge is 0.488 e. The van der Waals surface area contributed by atoms with Gasteiger partial charge in [-0.25, -0.2) is 9.97 Å². The molecule has 2 aromatic carbocycles. The van der Waals surface area contributed by atoms with Gasteiger partial charge in [-0.1, -0.05) is 68.8 Å². The van der Waals surface area contributed by atoms with E-state index in [1.165, 1.54) is 0 Å². The number of aromatic nitrogens is 3. The summed E-state index contributed by atoms with van der Waals surface area (Å²) in [6, 6.07) is 19.8. The number of ether oxygens (including phenoxy) is 1. The van der Waals surface area contributed by atoms with Crippen molar-refractivity contribution in [2.75, 3.05) is 0 Å². The summed E-state index contributed by atoms with van der Waals surface area (Å²) in [7, 11) is 0. The number of nitrogens with zero attached hydrogens (tertiary/aromatic N) is 4. The molecule has 0 radical (unpaired) electrons. The van der Waals surface area contributed by atoms with Crippen LogP contribution in [0.25, 0.3) is 22.5 Å². The zero-order valence-corrected chi connectivity index (χ0v) is 21.3. The molecular formula is C29H27ClN4O. The molecule has 0 aliphatic heterocycles. The molecule has 0 unspecified atom stereocenters. The molecule has 0 aliphatic rings. The topological polar surface area (TPSA) is 71.7 Å². The summed E-state index contributed by atoms with van der Waals surface area (Å²) in [5.41, 5.74) is 6.94. The van der Waals surface area contributed by atoms with Crippen LogP contribution in [0.1, 0.15) is 49.0 Å². The van der Waals surface area contributed by atoms with Gasteiger partial charge in [0.25, 0.3) is 0 Å². The third-order valence-corrected chi connectivity index (χ3v) is 6.12. The highest BCUT2D eigenvalue weighted by Crippen LogP contribution is 2.39. The monoisotopic (exact) mass is 482 g/mol. The first-order chi connectivity index (χ1) is 16.7. The first-order valence-corrected chi connectivity index (χ1v) is 11.8. The molecule has 2 aromatic heterocycles. The Morgan fingerprint density at radius 2 is 1.71 bits per heavy atom. The number of benzene rings is 2. The van der Waals surface area contributed by atoms with Crippen LogP contribution in [0, 0.1) is 25.2 Å². The Balaban J connectivity index is 1.86. The second-order valence-corrected chi connectivity index (χ2v) is 9.92. The number of rotatable bonds is 5. The van der Waals surface area contributed by atoms with Gasteiger partial charge in [0, 0.05) is 22.8 Å². The van der Waals surface area contributed by atoms with Crippen LogP contribution in [-0.2, 0) is 12.0 Å². The summed E-state index contributed by atoms with van der Waals surface area (Å²) < 4.78 is 6.33. The van der Waals surface area contributed by atoms with Gasteiger partial charge < -0.3 is 4.74 Å². The van der Waals surface area contributed by atoms with Crippen molar-refractivity contribution in [3.63, 3.8) is 0 Å². The van der Waals surface area contributed by atoms with Gasteiger partial charge in [-0.3, -0.25) is 4.98 Å². The molecule has 2 heterocycles. The summed E-state index contributed by atoms with van der Waals surface area (Å²) in [5, 5.41) is 10.0. The predicted octanol–water partition coefficient (Wildman–Crippen LogP) is 7.22. The number of aryl methyl sites for hydroxylation is 2. The molecular weight excluding hydrogens is 456 g/mol. The van der Waals surface area contributed by atoms with Gasteiger partial charge in [-0.2, -0.15) is 5.26 Å². The van der Waals surface area contributed by atoms with E-state index in [1.54, 1.807) is 12.3 Å². The van der Waals surface area contributed by atoms with E-state index in [0.717, 1.165) is 39.2 Å². The van der Waals surface area contributed by atoms with Crippen molar-refractivity contribution in [1.82, 2.24) is 15.0 Å². The maximum Gasteiger partial charge on any atom is 0.232 e. The zero-order chi connectivity index (χ0) is 25.2. The lowest BCUT2D eigenvalue weighted by Crippen LogP contribution is -2.12. The van der Waals surface area contributed by atoms with Gasteiger partial charge in [0.2, 0.25) is 5.82 Å². The first-order valence-electron chi connectivity index (χ1n) is 11.4. The van der Waals surface area contributed by atoms with Crippen molar-refractivity contribution < 1.29 is 4.74 Å². The minimum Gasteiger partial charge on any atom is -0.488 e. The minimum absolute atomic E-state index is 0.0665. The molecule has 35 heavy (non-hydrogen) atoms. The van der Waals surface area contributed by atoms with E-state index < -0.39 is 0 Å². The molecule has 4 aromatic rings. The second-order valence-electron chi connectivity index (χ2n) is 9.51. The Hall–Kier alpha value is -3.75. The Bertz CT molecular complexity index is 1420. The van der Waals surface area contributed by atoms with Gasteiger partial charge in [0.05, 0.1) is 22.6 Å². The molecule has 0 amide bonds. The molecule has 0 spiro atoms. The number of hydrogen-bond donors (Lipinski definition) is 0.